The minimum Gasteiger partial charge on any atom is -0.352 e. The summed E-state index contributed by atoms with van der Waals surface area (Å²) in [6, 6.07) is 3.95. The third kappa shape index (κ3) is 3.45. The van der Waals surface area contributed by atoms with Gasteiger partial charge in [-0.1, -0.05) is 5.21 Å². The monoisotopic (exact) mass is 391 g/mol. The molecule has 1 aliphatic heterocycles. The van der Waals surface area contributed by atoms with Crippen LogP contribution in [0.5, 0.6) is 0 Å². The molecule has 2 aromatic heterocycles. The zero-order valence-corrected chi connectivity index (χ0v) is 14.3. The molecule has 0 saturated carbocycles. The predicted molar refractivity (Wildman–Crippen MR) is 89.8 cm³/mol. The lowest BCUT2D eigenvalue weighted by molar-refractivity contribution is -0.137. The maximum Gasteiger partial charge on any atom is 0.416 e. The van der Waals surface area contributed by atoms with Crippen LogP contribution in [0.3, 0.4) is 0 Å². The molecule has 10 heteroatoms. The van der Waals surface area contributed by atoms with Gasteiger partial charge in [-0.05, 0) is 41.8 Å². The van der Waals surface area contributed by atoms with E-state index in [2.05, 4.69) is 20.6 Å². The topological polar surface area (TPSA) is 72.7 Å². The van der Waals surface area contributed by atoms with Gasteiger partial charge in [-0.2, -0.15) is 13.2 Å². The molecule has 1 N–H and O–H groups in total. The molecule has 0 atom stereocenters. The highest BCUT2D eigenvalue weighted by atomic mass is 19.4. The summed E-state index contributed by atoms with van der Waals surface area (Å²) in [5.74, 6) is -1.17. The van der Waals surface area contributed by atoms with Gasteiger partial charge in [0.2, 0.25) is 0 Å². The number of rotatable bonds is 3. The fourth-order valence-electron chi connectivity index (χ4n) is 3.15. The van der Waals surface area contributed by atoms with Crippen LogP contribution in [0.15, 0.2) is 36.7 Å². The first kappa shape index (κ1) is 18.1. The van der Waals surface area contributed by atoms with Crippen LogP contribution in [0.25, 0.3) is 11.4 Å². The maximum atomic E-state index is 13.6. The van der Waals surface area contributed by atoms with E-state index in [1.165, 1.54) is 17.1 Å². The van der Waals surface area contributed by atoms with E-state index < -0.39 is 17.6 Å². The van der Waals surface area contributed by atoms with Crippen LogP contribution in [-0.4, -0.2) is 32.4 Å². The fraction of sp³-hybridized carbons (Fsp3) is 0.222. The van der Waals surface area contributed by atoms with Crippen molar-refractivity contribution in [3.05, 3.63) is 64.7 Å². The Bertz CT molecular complexity index is 1060. The molecule has 1 amide bonds. The van der Waals surface area contributed by atoms with Crippen molar-refractivity contribution < 1.29 is 22.4 Å². The standard InChI is InChI=1S/C18H13F4N5O/c19-12-6-10(5-11(7-12)18(20,21)22)8-27-9-15(25-26-27)16-13-1-4-24-17(28)14(13)2-3-23-16/h2-3,5-7,9H,1,4,8H2,(H,24,28). The summed E-state index contributed by atoms with van der Waals surface area (Å²) in [6.45, 7) is 0.380. The number of fused-ring (bicyclic) bond motifs is 1. The Morgan fingerprint density at radius 1 is 1.21 bits per heavy atom. The number of nitrogens with zero attached hydrogens (tertiary/aromatic N) is 4. The largest absolute Gasteiger partial charge is 0.416 e. The predicted octanol–water partition coefficient (Wildman–Crippen LogP) is 2.83. The average Bonchev–Trinajstić information content (AvgIpc) is 3.09. The number of nitrogens with one attached hydrogen (secondary N) is 1. The second-order valence-corrected chi connectivity index (χ2v) is 6.34. The molecule has 3 heterocycles. The number of halogens is 4. The zero-order chi connectivity index (χ0) is 19.9. The molecule has 0 fully saturated rings. The van der Waals surface area contributed by atoms with Gasteiger partial charge < -0.3 is 5.32 Å². The Kier molecular flexibility index (Phi) is 4.33. The number of pyridine rings is 1. The average molecular weight is 391 g/mol. The summed E-state index contributed by atoms with van der Waals surface area (Å²) < 4.78 is 53.4. The van der Waals surface area contributed by atoms with E-state index in [9.17, 15) is 22.4 Å². The lowest BCUT2D eigenvalue weighted by Crippen LogP contribution is -2.32. The van der Waals surface area contributed by atoms with Crippen molar-refractivity contribution in [3.8, 4) is 11.4 Å². The number of hydrogen-bond donors (Lipinski definition) is 1. The molecule has 144 valence electrons. The lowest BCUT2D eigenvalue weighted by Gasteiger charge is -2.17. The number of amides is 1. The Hall–Kier alpha value is -3.30. The van der Waals surface area contributed by atoms with Gasteiger partial charge >= 0.3 is 6.18 Å². The summed E-state index contributed by atoms with van der Waals surface area (Å²) >= 11 is 0. The van der Waals surface area contributed by atoms with Gasteiger partial charge in [0.25, 0.3) is 5.91 Å². The van der Waals surface area contributed by atoms with E-state index in [1.807, 2.05) is 0 Å². The minimum absolute atomic E-state index is 0.0939. The number of aromatic nitrogens is 4. The molecular weight excluding hydrogens is 378 g/mol. The molecule has 0 spiro atoms. The molecule has 0 bridgehead atoms. The highest BCUT2D eigenvalue weighted by Crippen LogP contribution is 2.31. The number of carbonyl (C=O) groups is 1. The molecule has 3 aromatic rings. The molecule has 0 unspecified atom stereocenters. The van der Waals surface area contributed by atoms with Crippen molar-refractivity contribution in [1.82, 2.24) is 25.3 Å². The van der Waals surface area contributed by atoms with Gasteiger partial charge in [0.15, 0.2) is 0 Å². The Morgan fingerprint density at radius 3 is 2.82 bits per heavy atom. The number of carbonyl (C=O) groups excluding carboxylic acids is 1. The SMILES string of the molecule is O=C1NCCc2c1ccnc2-c1cn(Cc2cc(F)cc(C(F)(F)F)c2)nn1. The van der Waals surface area contributed by atoms with Crippen LogP contribution in [0.1, 0.15) is 27.0 Å². The Morgan fingerprint density at radius 2 is 2.04 bits per heavy atom. The molecule has 0 radical (unpaired) electrons. The van der Waals surface area contributed by atoms with Crippen LogP contribution in [0.4, 0.5) is 17.6 Å². The van der Waals surface area contributed by atoms with Crippen molar-refractivity contribution >= 4 is 5.91 Å². The summed E-state index contributed by atoms with van der Waals surface area (Å²) in [6.07, 6.45) is -1.07. The molecule has 4 rings (SSSR count). The van der Waals surface area contributed by atoms with E-state index in [0.29, 0.717) is 36.0 Å². The van der Waals surface area contributed by atoms with Crippen LogP contribution >= 0.6 is 0 Å². The number of hydrogen-bond acceptors (Lipinski definition) is 4. The quantitative estimate of drug-likeness (QED) is 0.697. The summed E-state index contributed by atoms with van der Waals surface area (Å²) in [5.41, 5.74) is 1.17. The molecule has 6 nitrogen and oxygen atoms in total. The van der Waals surface area contributed by atoms with Gasteiger partial charge in [-0.3, -0.25) is 9.78 Å². The Balaban J connectivity index is 1.64. The Labute approximate surface area is 156 Å². The third-order valence-electron chi connectivity index (χ3n) is 4.37. The second kappa shape index (κ2) is 6.70. The van der Waals surface area contributed by atoms with E-state index in [4.69, 9.17) is 0 Å². The van der Waals surface area contributed by atoms with E-state index >= 15 is 0 Å². The van der Waals surface area contributed by atoms with Gasteiger partial charge in [-0.15, -0.1) is 5.10 Å². The highest BCUT2D eigenvalue weighted by molar-refractivity contribution is 5.98. The molecule has 1 aliphatic rings. The fourth-order valence-corrected chi connectivity index (χ4v) is 3.15. The van der Waals surface area contributed by atoms with Crippen LogP contribution < -0.4 is 5.32 Å². The van der Waals surface area contributed by atoms with Gasteiger partial charge in [0.1, 0.15) is 11.5 Å². The molecule has 0 aliphatic carbocycles. The summed E-state index contributed by atoms with van der Waals surface area (Å²) in [5, 5.41) is 10.7. The third-order valence-corrected chi connectivity index (χ3v) is 4.37. The first-order valence-electron chi connectivity index (χ1n) is 8.34. The van der Waals surface area contributed by atoms with Crippen molar-refractivity contribution in [2.75, 3.05) is 6.54 Å². The van der Waals surface area contributed by atoms with Crippen LogP contribution in [0, 0.1) is 5.82 Å². The first-order chi connectivity index (χ1) is 13.3. The van der Waals surface area contributed by atoms with Crippen LogP contribution in [0.2, 0.25) is 0 Å². The minimum atomic E-state index is -4.64. The highest BCUT2D eigenvalue weighted by Gasteiger charge is 2.31. The second-order valence-electron chi connectivity index (χ2n) is 6.34. The van der Waals surface area contributed by atoms with Crippen molar-refractivity contribution in [2.45, 2.75) is 19.1 Å². The molecule has 28 heavy (non-hydrogen) atoms. The van der Waals surface area contributed by atoms with Crippen molar-refractivity contribution in [3.63, 3.8) is 0 Å². The van der Waals surface area contributed by atoms with E-state index in [0.717, 1.165) is 17.7 Å². The number of alkyl halides is 3. The summed E-state index contributed by atoms with van der Waals surface area (Å²) in [4.78, 5) is 16.2. The summed E-state index contributed by atoms with van der Waals surface area (Å²) in [7, 11) is 0. The smallest absolute Gasteiger partial charge is 0.352 e. The van der Waals surface area contributed by atoms with E-state index in [-0.39, 0.29) is 18.0 Å². The van der Waals surface area contributed by atoms with Crippen molar-refractivity contribution in [2.24, 2.45) is 0 Å². The first-order valence-corrected chi connectivity index (χ1v) is 8.34. The van der Waals surface area contributed by atoms with E-state index in [1.54, 1.807) is 6.07 Å². The van der Waals surface area contributed by atoms with Crippen molar-refractivity contribution in [1.29, 1.82) is 0 Å². The van der Waals surface area contributed by atoms with Gasteiger partial charge in [0.05, 0.1) is 24.0 Å². The zero-order valence-electron chi connectivity index (χ0n) is 14.3. The van der Waals surface area contributed by atoms with Gasteiger partial charge in [-0.25, -0.2) is 9.07 Å². The normalized spacial score (nSPS) is 13.9. The van der Waals surface area contributed by atoms with Crippen LogP contribution in [-0.2, 0) is 19.1 Å². The molecular formula is C18H13F4N5O. The number of benzene rings is 1. The molecule has 1 aromatic carbocycles. The van der Waals surface area contributed by atoms with Gasteiger partial charge in [0, 0.05) is 18.3 Å². The lowest BCUT2D eigenvalue weighted by atomic mass is 9.98. The maximum absolute atomic E-state index is 13.6. The molecule has 0 saturated heterocycles.